The fourth-order valence-corrected chi connectivity index (χ4v) is 2.77. The van der Waals surface area contributed by atoms with Crippen molar-refractivity contribution in [2.75, 3.05) is 0 Å². The van der Waals surface area contributed by atoms with Crippen molar-refractivity contribution in [1.29, 1.82) is 0 Å². The molecule has 20 heavy (non-hydrogen) atoms. The third-order valence-corrected chi connectivity index (χ3v) is 4.68. The number of hydrogen-bond acceptors (Lipinski definition) is 2. The van der Waals surface area contributed by atoms with Gasteiger partial charge in [-0.1, -0.05) is 74.5 Å². The molecule has 0 bridgehead atoms. The highest BCUT2D eigenvalue weighted by atomic mass is 16.5. The SMILES string of the molecule is CC(C)(c1ccccc1)C(C)(c1ccccc1)C(O)O. The van der Waals surface area contributed by atoms with Crippen LogP contribution in [0.5, 0.6) is 0 Å². The van der Waals surface area contributed by atoms with Crippen LogP contribution in [-0.2, 0) is 10.8 Å². The maximum atomic E-state index is 10.1. The Balaban J connectivity index is 2.59. The number of aliphatic hydroxyl groups is 2. The molecule has 2 aromatic rings. The Morgan fingerprint density at radius 1 is 0.700 bits per heavy atom. The van der Waals surface area contributed by atoms with E-state index in [9.17, 15) is 10.2 Å². The van der Waals surface area contributed by atoms with Crippen molar-refractivity contribution in [3.8, 4) is 0 Å². The minimum Gasteiger partial charge on any atom is -0.367 e. The van der Waals surface area contributed by atoms with E-state index in [1.165, 1.54) is 0 Å². The largest absolute Gasteiger partial charge is 0.367 e. The van der Waals surface area contributed by atoms with Crippen LogP contribution in [-0.4, -0.2) is 16.5 Å². The van der Waals surface area contributed by atoms with Crippen molar-refractivity contribution in [1.82, 2.24) is 0 Å². The van der Waals surface area contributed by atoms with Gasteiger partial charge in [0.25, 0.3) is 0 Å². The topological polar surface area (TPSA) is 40.5 Å². The third-order valence-electron chi connectivity index (χ3n) is 4.68. The van der Waals surface area contributed by atoms with Gasteiger partial charge < -0.3 is 10.2 Å². The smallest absolute Gasteiger partial charge is 0.161 e. The first-order valence-electron chi connectivity index (χ1n) is 6.88. The van der Waals surface area contributed by atoms with Gasteiger partial charge in [0, 0.05) is 5.41 Å². The average Bonchev–Trinajstić information content (AvgIpc) is 2.47. The van der Waals surface area contributed by atoms with Crippen LogP contribution in [0.4, 0.5) is 0 Å². The van der Waals surface area contributed by atoms with Crippen LogP contribution in [0.15, 0.2) is 60.7 Å². The van der Waals surface area contributed by atoms with Crippen LogP contribution < -0.4 is 0 Å². The van der Waals surface area contributed by atoms with E-state index < -0.39 is 17.1 Å². The molecule has 2 nitrogen and oxygen atoms in total. The van der Waals surface area contributed by atoms with Gasteiger partial charge in [0.1, 0.15) is 0 Å². The highest BCUT2D eigenvalue weighted by Crippen LogP contribution is 2.45. The molecule has 0 aliphatic heterocycles. The van der Waals surface area contributed by atoms with Gasteiger partial charge >= 0.3 is 0 Å². The molecule has 2 rings (SSSR count). The summed E-state index contributed by atoms with van der Waals surface area (Å²) in [6, 6.07) is 19.7. The minimum absolute atomic E-state index is 0.427. The Kier molecular flexibility index (Phi) is 3.98. The maximum Gasteiger partial charge on any atom is 0.161 e. The molecule has 0 saturated heterocycles. The monoisotopic (exact) mass is 270 g/mol. The van der Waals surface area contributed by atoms with E-state index in [0.29, 0.717) is 0 Å². The van der Waals surface area contributed by atoms with Gasteiger partial charge in [-0.15, -0.1) is 0 Å². The molecule has 1 atom stereocenters. The lowest BCUT2D eigenvalue weighted by Gasteiger charge is -2.46. The molecular formula is C18H22O2. The summed E-state index contributed by atoms with van der Waals surface area (Å²) in [6.45, 7) is 6.00. The highest BCUT2D eigenvalue weighted by Gasteiger charge is 2.48. The Hall–Kier alpha value is -1.64. The number of benzene rings is 2. The van der Waals surface area contributed by atoms with Gasteiger partial charge in [-0.25, -0.2) is 0 Å². The van der Waals surface area contributed by atoms with Crippen molar-refractivity contribution in [2.45, 2.75) is 37.9 Å². The molecule has 2 N–H and O–H groups in total. The molecule has 0 spiro atoms. The van der Waals surface area contributed by atoms with Crippen molar-refractivity contribution in [3.05, 3.63) is 71.8 Å². The van der Waals surface area contributed by atoms with Crippen LogP contribution in [0.3, 0.4) is 0 Å². The quantitative estimate of drug-likeness (QED) is 0.837. The standard InChI is InChI=1S/C18H22O2/c1-17(2,14-10-6-4-7-11-14)18(3,16(19)20)15-12-8-5-9-13-15/h4-13,16,19-20H,1-3H3. The summed E-state index contributed by atoms with van der Waals surface area (Å²) < 4.78 is 0. The lowest BCUT2D eigenvalue weighted by molar-refractivity contribution is -0.116. The molecule has 0 radical (unpaired) electrons. The molecule has 2 aromatic carbocycles. The molecule has 106 valence electrons. The summed E-state index contributed by atoms with van der Waals surface area (Å²) in [5.41, 5.74) is 0.780. The van der Waals surface area contributed by atoms with Crippen LogP contribution >= 0.6 is 0 Å². The molecule has 0 amide bonds. The van der Waals surface area contributed by atoms with Crippen molar-refractivity contribution >= 4 is 0 Å². The van der Waals surface area contributed by atoms with Gasteiger partial charge in [-0.3, -0.25) is 0 Å². The molecular weight excluding hydrogens is 248 g/mol. The summed E-state index contributed by atoms with van der Waals surface area (Å²) in [4.78, 5) is 0. The number of aliphatic hydroxyl groups excluding tert-OH is 1. The lowest BCUT2D eigenvalue weighted by atomic mass is 9.59. The zero-order valence-corrected chi connectivity index (χ0v) is 12.2. The van der Waals surface area contributed by atoms with Crippen LogP contribution in [0, 0.1) is 0 Å². The highest BCUT2D eigenvalue weighted by molar-refractivity contribution is 5.37. The van der Waals surface area contributed by atoms with Crippen molar-refractivity contribution < 1.29 is 10.2 Å². The minimum atomic E-state index is -1.44. The first-order chi connectivity index (χ1) is 9.40. The summed E-state index contributed by atoms with van der Waals surface area (Å²) >= 11 is 0. The molecule has 2 heteroatoms. The Labute approximate surface area is 120 Å². The second-order valence-corrected chi connectivity index (χ2v) is 5.93. The molecule has 0 fully saturated rings. The summed E-state index contributed by atoms with van der Waals surface area (Å²) in [7, 11) is 0. The van der Waals surface area contributed by atoms with E-state index in [1.807, 2.05) is 67.6 Å². The zero-order valence-electron chi connectivity index (χ0n) is 12.2. The number of hydrogen-bond donors (Lipinski definition) is 2. The van der Waals surface area contributed by atoms with Crippen LogP contribution in [0.25, 0.3) is 0 Å². The Morgan fingerprint density at radius 3 is 1.50 bits per heavy atom. The fourth-order valence-electron chi connectivity index (χ4n) is 2.77. The molecule has 0 heterocycles. The maximum absolute atomic E-state index is 10.1. The summed E-state index contributed by atoms with van der Waals surface area (Å²) in [5, 5.41) is 20.2. The molecule has 1 unspecified atom stereocenters. The first kappa shape index (κ1) is 14.8. The molecule has 0 aliphatic rings. The van der Waals surface area contributed by atoms with E-state index in [0.717, 1.165) is 11.1 Å². The van der Waals surface area contributed by atoms with E-state index in [-0.39, 0.29) is 0 Å². The van der Waals surface area contributed by atoms with Gasteiger partial charge in [0.2, 0.25) is 0 Å². The zero-order chi connectivity index (χ0) is 14.8. The van der Waals surface area contributed by atoms with E-state index in [4.69, 9.17) is 0 Å². The van der Waals surface area contributed by atoms with Gasteiger partial charge in [0.05, 0.1) is 5.41 Å². The fraction of sp³-hybridized carbons (Fsp3) is 0.333. The number of rotatable bonds is 4. The molecule has 0 aliphatic carbocycles. The normalized spacial score (nSPS) is 15.1. The molecule has 0 saturated carbocycles. The van der Waals surface area contributed by atoms with E-state index in [1.54, 1.807) is 0 Å². The Morgan fingerprint density at radius 2 is 1.10 bits per heavy atom. The van der Waals surface area contributed by atoms with E-state index >= 15 is 0 Å². The predicted molar refractivity (Wildman–Crippen MR) is 81.5 cm³/mol. The van der Waals surface area contributed by atoms with Gasteiger partial charge in [-0.05, 0) is 18.1 Å². The second-order valence-electron chi connectivity index (χ2n) is 5.93. The average molecular weight is 270 g/mol. The first-order valence-corrected chi connectivity index (χ1v) is 6.88. The van der Waals surface area contributed by atoms with Crippen LogP contribution in [0.1, 0.15) is 31.9 Å². The third kappa shape index (κ3) is 2.26. The Bertz CT molecular complexity index is 546. The molecule has 0 aromatic heterocycles. The van der Waals surface area contributed by atoms with E-state index in [2.05, 4.69) is 13.8 Å². The van der Waals surface area contributed by atoms with Crippen LogP contribution in [0.2, 0.25) is 0 Å². The lowest BCUT2D eigenvalue weighted by Crippen LogP contribution is -2.51. The second kappa shape index (κ2) is 5.39. The van der Waals surface area contributed by atoms with Gasteiger partial charge in [0.15, 0.2) is 6.29 Å². The predicted octanol–water partition coefficient (Wildman–Crippen LogP) is 3.23. The summed E-state index contributed by atoms with van der Waals surface area (Å²) in [6.07, 6.45) is -1.44. The summed E-state index contributed by atoms with van der Waals surface area (Å²) in [5.74, 6) is 0. The van der Waals surface area contributed by atoms with Crippen molar-refractivity contribution in [3.63, 3.8) is 0 Å². The van der Waals surface area contributed by atoms with Gasteiger partial charge in [-0.2, -0.15) is 0 Å². The van der Waals surface area contributed by atoms with Crippen molar-refractivity contribution in [2.24, 2.45) is 0 Å².